The van der Waals surface area contributed by atoms with E-state index < -0.39 is 0 Å². The summed E-state index contributed by atoms with van der Waals surface area (Å²) < 4.78 is 1.74. The zero-order valence-corrected chi connectivity index (χ0v) is 14.0. The summed E-state index contributed by atoms with van der Waals surface area (Å²) in [6.45, 7) is 2.47. The summed E-state index contributed by atoms with van der Waals surface area (Å²) in [6, 6.07) is 16.0. The lowest BCUT2D eigenvalue weighted by Crippen LogP contribution is -2.01. The number of nitriles is 2. The molecule has 0 spiro atoms. The quantitative estimate of drug-likeness (QED) is 0.795. The van der Waals surface area contributed by atoms with Gasteiger partial charge in [0, 0.05) is 12.6 Å². The molecule has 6 heteroatoms. The van der Waals surface area contributed by atoms with E-state index in [2.05, 4.69) is 27.8 Å². The van der Waals surface area contributed by atoms with Crippen molar-refractivity contribution >= 4 is 5.69 Å². The normalized spacial score (nSPS) is 10.1. The summed E-state index contributed by atoms with van der Waals surface area (Å²) in [6.07, 6.45) is 1.82. The maximum atomic E-state index is 9.62. The predicted molar refractivity (Wildman–Crippen MR) is 94.7 cm³/mol. The molecule has 25 heavy (non-hydrogen) atoms. The number of nitrogens with zero attached hydrogens (tertiary/aromatic N) is 5. The molecule has 122 valence electrons. The highest BCUT2D eigenvalue weighted by molar-refractivity contribution is 5.82. The zero-order chi connectivity index (χ0) is 17.8. The van der Waals surface area contributed by atoms with Crippen LogP contribution in [0.15, 0.2) is 42.6 Å². The molecule has 0 amide bonds. The van der Waals surface area contributed by atoms with Crippen molar-refractivity contribution in [2.45, 2.75) is 13.5 Å². The molecular formula is C19H16N6. The van der Waals surface area contributed by atoms with Gasteiger partial charge in [-0.25, -0.2) is 4.68 Å². The Bertz CT molecular complexity index is 989. The summed E-state index contributed by atoms with van der Waals surface area (Å²) >= 11 is 0. The number of hydrogen-bond donors (Lipinski definition) is 1. The number of hydrogen-bond acceptors (Lipinski definition) is 5. The van der Waals surface area contributed by atoms with Gasteiger partial charge in [-0.1, -0.05) is 35.5 Å². The average molecular weight is 328 g/mol. The van der Waals surface area contributed by atoms with Gasteiger partial charge in [0.2, 0.25) is 0 Å². The molecule has 3 rings (SSSR count). The molecule has 0 saturated carbocycles. The maximum absolute atomic E-state index is 9.62. The third kappa shape index (κ3) is 3.06. The van der Waals surface area contributed by atoms with E-state index in [0.717, 1.165) is 11.1 Å². The average Bonchev–Trinajstić information content (AvgIpc) is 3.09. The Morgan fingerprint density at radius 2 is 1.92 bits per heavy atom. The zero-order valence-electron chi connectivity index (χ0n) is 14.0. The number of anilines is 1. The van der Waals surface area contributed by atoms with E-state index in [4.69, 9.17) is 0 Å². The second-order valence-corrected chi connectivity index (χ2v) is 5.63. The first-order valence-electron chi connectivity index (χ1n) is 7.78. The Morgan fingerprint density at radius 3 is 2.56 bits per heavy atom. The van der Waals surface area contributed by atoms with E-state index in [1.807, 2.05) is 43.5 Å². The molecule has 0 aliphatic heterocycles. The van der Waals surface area contributed by atoms with Crippen molar-refractivity contribution in [2.24, 2.45) is 0 Å². The van der Waals surface area contributed by atoms with Crippen molar-refractivity contribution in [1.29, 1.82) is 10.5 Å². The summed E-state index contributed by atoms with van der Waals surface area (Å²) in [7, 11) is 1.70. The van der Waals surface area contributed by atoms with Crippen molar-refractivity contribution in [2.75, 3.05) is 12.4 Å². The number of nitrogens with one attached hydrogen (secondary N) is 1. The van der Waals surface area contributed by atoms with Crippen LogP contribution in [0.3, 0.4) is 0 Å². The fraction of sp³-hybridized carbons (Fsp3) is 0.158. The summed E-state index contributed by atoms with van der Waals surface area (Å²) in [4.78, 5) is 0. The van der Waals surface area contributed by atoms with Gasteiger partial charge in [0.1, 0.15) is 17.8 Å². The third-order valence-corrected chi connectivity index (χ3v) is 3.99. The Labute approximate surface area is 146 Å². The van der Waals surface area contributed by atoms with Crippen LogP contribution in [0, 0.1) is 29.6 Å². The Balaban J connectivity index is 2.06. The van der Waals surface area contributed by atoms with E-state index in [-0.39, 0.29) is 0 Å². The maximum Gasteiger partial charge on any atom is 0.114 e. The summed E-state index contributed by atoms with van der Waals surface area (Å²) in [5.74, 6) is 0. The Kier molecular flexibility index (Phi) is 4.45. The van der Waals surface area contributed by atoms with E-state index in [1.165, 1.54) is 0 Å². The predicted octanol–water partition coefficient (Wildman–Crippen LogP) is 3.09. The van der Waals surface area contributed by atoms with Crippen LogP contribution in [0.5, 0.6) is 0 Å². The van der Waals surface area contributed by atoms with Crippen molar-refractivity contribution in [3.05, 3.63) is 64.8 Å². The summed E-state index contributed by atoms with van der Waals surface area (Å²) in [5, 5.41) is 30.3. The Hall–Kier alpha value is -3.64. The minimum Gasteiger partial charge on any atom is -0.386 e. The fourth-order valence-electron chi connectivity index (χ4n) is 2.87. The standard InChI is InChI=1S/C19H16N6/c1-13-8-15(9-20)19(22-2)16(10-21)18(13)17-12-25(24-23-17)11-14-6-4-3-5-7-14/h3-8,12,22H,11H2,1-2H3. The Morgan fingerprint density at radius 1 is 1.16 bits per heavy atom. The molecule has 0 saturated heterocycles. The number of aryl methyl sites for hydroxylation is 1. The van der Waals surface area contributed by atoms with Gasteiger partial charge < -0.3 is 5.32 Å². The van der Waals surface area contributed by atoms with Crippen LogP contribution < -0.4 is 5.32 Å². The van der Waals surface area contributed by atoms with Gasteiger partial charge in [-0.05, 0) is 24.1 Å². The molecular weight excluding hydrogens is 312 g/mol. The van der Waals surface area contributed by atoms with E-state index >= 15 is 0 Å². The van der Waals surface area contributed by atoms with Crippen molar-refractivity contribution in [1.82, 2.24) is 15.0 Å². The monoisotopic (exact) mass is 328 g/mol. The van der Waals surface area contributed by atoms with Gasteiger partial charge in [0.05, 0.1) is 29.6 Å². The number of benzene rings is 2. The van der Waals surface area contributed by atoms with Gasteiger partial charge in [-0.15, -0.1) is 5.10 Å². The SMILES string of the molecule is CNc1c(C#N)cc(C)c(-c2cn(Cc3ccccc3)nn2)c1C#N. The lowest BCUT2D eigenvalue weighted by molar-refractivity contribution is 0.650. The first-order chi connectivity index (χ1) is 12.2. The van der Waals surface area contributed by atoms with Gasteiger partial charge in [-0.3, -0.25) is 0 Å². The highest BCUT2D eigenvalue weighted by Crippen LogP contribution is 2.33. The molecule has 0 atom stereocenters. The molecule has 1 aromatic heterocycles. The minimum atomic E-state index is 0.408. The van der Waals surface area contributed by atoms with Crippen LogP contribution in [0.4, 0.5) is 5.69 Å². The minimum absolute atomic E-state index is 0.408. The van der Waals surface area contributed by atoms with E-state index in [1.54, 1.807) is 17.8 Å². The fourth-order valence-corrected chi connectivity index (χ4v) is 2.87. The largest absolute Gasteiger partial charge is 0.386 e. The molecule has 0 bridgehead atoms. The van der Waals surface area contributed by atoms with Crippen molar-refractivity contribution in [3.63, 3.8) is 0 Å². The highest BCUT2D eigenvalue weighted by Gasteiger charge is 2.19. The van der Waals surface area contributed by atoms with Crippen LogP contribution in [0.25, 0.3) is 11.3 Å². The van der Waals surface area contributed by atoms with Crippen LogP contribution in [0.1, 0.15) is 22.3 Å². The van der Waals surface area contributed by atoms with E-state index in [0.29, 0.717) is 34.6 Å². The topological polar surface area (TPSA) is 90.3 Å². The van der Waals surface area contributed by atoms with Gasteiger partial charge in [0.15, 0.2) is 0 Å². The second kappa shape index (κ2) is 6.86. The van der Waals surface area contributed by atoms with Crippen LogP contribution in [-0.2, 0) is 6.54 Å². The molecule has 0 unspecified atom stereocenters. The molecule has 3 aromatic rings. The van der Waals surface area contributed by atoms with Crippen LogP contribution in [0.2, 0.25) is 0 Å². The molecule has 6 nitrogen and oxygen atoms in total. The van der Waals surface area contributed by atoms with Gasteiger partial charge >= 0.3 is 0 Å². The number of rotatable bonds is 4. The molecule has 0 aliphatic rings. The van der Waals surface area contributed by atoms with E-state index in [9.17, 15) is 10.5 Å². The third-order valence-electron chi connectivity index (χ3n) is 3.99. The van der Waals surface area contributed by atoms with Gasteiger partial charge in [-0.2, -0.15) is 10.5 Å². The molecule has 0 aliphatic carbocycles. The molecule has 0 radical (unpaired) electrons. The lowest BCUT2D eigenvalue weighted by atomic mass is 9.95. The smallest absolute Gasteiger partial charge is 0.114 e. The molecule has 1 heterocycles. The van der Waals surface area contributed by atoms with Crippen molar-refractivity contribution < 1.29 is 0 Å². The first kappa shape index (κ1) is 16.2. The second-order valence-electron chi connectivity index (χ2n) is 5.63. The summed E-state index contributed by atoms with van der Waals surface area (Å²) in [5.41, 5.74) is 4.62. The van der Waals surface area contributed by atoms with Gasteiger partial charge in [0.25, 0.3) is 0 Å². The lowest BCUT2D eigenvalue weighted by Gasteiger charge is -2.12. The highest BCUT2D eigenvalue weighted by atomic mass is 15.4. The molecule has 0 fully saturated rings. The van der Waals surface area contributed by atoms with Crippen LogP contribution >= 0.6 is 0 Å². The molecule has 1 N–H and O–H groups in total. The first-order valence-corrected chi connectivity index (χ1v) is 7.78. The molecule has 2 aromatic carbocycles. The van der Waals surface area contributed by atoms with Crippen LogP contribution in [-0.4, -0.2) is 22.0 Å². The number of aromatic nitrogens is 3. The van der Waals surface area contributed by atoms with Crippen molar-refractivity contribution in [3.8, 4) is 23.4 Å².